The molecule has 0 spiro atoms. The van der Waals surface area contributed by atoms with Crippen LogP contribution in [0.2, 0.25) is 0 Å². The van der Waals surface area contributed by atoms with Crippen LogP contribution >= 0.6 is 0 Å². The van der Waals surface area contributed by atoms with E-state index in [-0.39, 0.29) is 23.6 Å². The van der Waals surface area contributed by atoms with Gasteiger partial charge in [0.2, 0.25) is 0 Å². The number of hydrogen-bond donors (Lipinski definition) is 1. The van der Waals surface area contributed by atoms with E-state index >= 15 is 0 Å². The average Bonchev–Trinajstić information content (AvgIpc) is 2.29. The topological polar surface area (TPSA) is 46.2 Å². The molecular formula is C13H21NO2S. The van der Waals surface area contributed by atoms with Crippen LogP contribution in [0, 0.1) is 0 Å². The molecule has 0 fully saturated rings. The maximum Gasteiger partial charge on any atom is 0.151 e. The molecule has 0 aliphatic carbocycles. The van der Waals surface area contributed by atoms with Gasteiger partial charge < -0.3 is 5.32 Å². The Balaban J connectivity index is 2.55. The molecule has 0 amide bonds. The molecule has 0 aliphatic rings. The van der Waals surface area contributed by atoms with E-state index < -0.39 is 9.84 Å². The Kier molecular flexibility index (Phi) is 5.15. The van der Waals surface area contributed by atoms with E-state index in [4.69, 9.17) is 0 Å². The predicted octanol–water partition coefficient (Wildman–Crippen LogP) is 2.16. The van der Waals surface area contributed by atoms with Crippen molar-refractivity contribution < 1.29 is 8.42 Å². The van der Waals surface area contributed by atoms with Gasteiger partial charge in [-0.15, -0.1) is 0 Å². The minimum atomic E-state index is -2.91. The highest BCUT2D eigenvalue weighted by molar-refractivity contribution is 7.91. The summed E-state index contributed by atoms with van der Waals surface area (Å²) < 4.78 is 23.0. The Morgan fingerprint density at radius 2 is 1.76 bits per heavy atom. The summed E-state index contributed by atoms with van der Waals surface area (Å²) in [4.78, 5) is 0. The Morgan fingerprint density at radius 1 is 1.18 bits per heavy atom. The van der Waals surface area contributed by atoms with Crippen molar-refractivity contribution in [3.05, 3.63) is 35.9 Å². The van der Waals surface area contributed by atoms with Crippen molar-refractivity contribution in [1.82, 2.24) is 5.32 Å². The van der Waals surface area contributed by atoms with Crippen molar-refractivity contribution in [2.45, 2.75) is 32.9 Å². The second kappa shape index (κ2) is 6.17. The molecule has 4 heteroatoms. The van der Waals surface area contributed by atoms with E-state index in [2.05, 4.69) is 5.32 Å². The summed E-state index contributed by atoms with van der Waals surface area (Å²) in [5.74, 6) is 0.402. The molecule has 0 saturated carbocycles. The maximum absolute atomic E-state index is 11.5. The van der Waals surface area contributed by atoms with E-state index in [9.17, 15) is 8.42 Å². The largest absolute Gasteiger partial charge is 0.307 e. The molecule has 1 N–H and O–H groups in total. The third kappa shape index (κ3) is 4.88. The first kappa shape index (κ1) is 14.2. The van der Waals surface area contributed by atoms with Gasteiger partial charge in [0, 0.05) is 17.8 Å². The zero-order valence-corrected chi connectivity index (χ0v) is 11.5. The van der Waals surface area contributed by atoms with Gasteiger partial charge in [0.15, 0.2) is 9.84 Å². The quantitative estimate of drug-likeness (QED) is 0.847. The number of nitrogens with one attached hydrogen (secondary N) is 1. The van der Waals surface area contributed by atoms with E-state index in [0.717, 1.165) is 0 Å². The van der Waals surface area contributed by atoms with Crippen LogP contribution in [0.25, 0.3) is 0 Å². The van der Waals surface area contributed by atoms with Crippen LogP contribution in [0.15, 0.2) is 30.3 Å². The van der Waals surface area contributed by atoms with Gasteiger partial charge in [0.05, 0.1) is 5.75 Å². The lowest BCUT2D eigenvalue weighted by Crippen LogP contribution is -2.35. The fourth-order valence-corrected chi connectivity index (χ4v) is 2.91. The third-order valence-electron chi connectivity index (χ3n) is 2.78. The highest BCUT2D eigenvalue weighted by Crippen LogP contribution is 2.12. The molecule has 0 saturated heterocycles. The van der Waals surface area contributed by atoms with Gasteiger partial charge in [0.25, 0.3) is 0 Å². The fraction of sp³-hybridized carbons (Fsp3) is 0.538. The minimum absolute atomic E-state index is 0.0323. The molecule has 1 unspecified atom stereocenters. The Labute approximate surface area is 104 Å². The monoisotopic (exact) mass is 255 g/mol. The normalized spacial score (nSPS) is 15.5. The van der Waals surface area contributed by atoms with Gasteiger partial charge >= 0.3 is 0 Å². The van der Waals surface area contributed by atoms with E-state index in [1.807, 2.05) is 44.2 Å². The number of benzene rings is 1. The Morgan fingerprint density at radius 3 is 2.29 bits per heavy atom. The molecule has 0 radical (unpaired) electrons. The lowest BCUT2D eigenvalue weighted by atomic mass is 10.1. The summed E-state index contributed by atoms with van der Waals surface area (Å²) in [6.07, 6.45) is 0. The fourth-order valence-electron chi connectivity index (χ4n) is 1.81. The smallest absolute Gasteiger partial charge is 0.151 e. The standard InChI is InChI=1S/C13H21NO2S/c1-4-17(15,16)10-11(2)14-12(3)13-8-6-5-7-9-13/h5-9,11-12,14H,4,10H2,1-3H3/t11?,12-/m1/s1. The molecule has 0 heterocycles. The second-order valence-electron chi connectivity index (χ2n) is 4.40. The van der Waals surface area contributed by atoms with Crippen LogP contribution < -0.4 is 5.32 Å². The van der Waals surface area contributed by atoms with Crippen LogP contribution in [0.3, 0.4) is 0 Å². The predicted molar refractivity (Wildman–Crippen MR) is 71.8 cm³/mol. The molecule has 1 rings (SSSR count). The Bertz CT molecular complexity index is 428. The summed E-state index contributed by atoms with van der Waals surface area (Å²) in [7, 11) is -2.91. The molecule has 1 aromatic carbocycles. The van der Waals surface area contributed by atoms with Crippen molar-refractivity contribution in [3.8, 4) is 0 Å². The third-order valence-corrected chi connectivity index (χ3v) is 4.67. The van der Waals surface area contributed by atoms with Gasteiger partial charge in [-0.2, -0.15) is 0 Å². The summed E-state index contributed by atoms with van der Waals surface area (Å²) in [5.41, 5.74) is 1.17. The van der Waals surface area contributed by atoms with Crippen LogP contribution in [0.5, 0.6) is 0 Å². The molecule has 96 valence electrons. The lowest BCUT2D eigenvalue weighted by Gasteiger charge is -2.20. The molecule has 0 aliphatic heterocycles. The first-order valence-corrected chi connectivity index (χ1v) is 7.78. The van der Waals surface area contributed by atoms with Gasteiger partial charge in [-0.1, -0.05) is 37.3 Å². The Hall–Kier alpha value is -0.870. The molecule has 17 heavy (non-hydrogen) atoms. The summed E-state index contributed by atoms with van der Waals surface area (Å²) in [5, 5.41) is 3.31. The zero-order chi connectivity index (χ0) is 12.9. The van der Waals surface area contributed by atoms with Gasteiger partial charge in [0.1, 0.15) is 0 Å². The van der Waals surface area contributed by atoms with E-state index in [1.54, 1.807) is 6.92 Å². The maximum atomic E-state index is 11.5. The van der Waals surface area contributed by atoms with Gasteiger partial charge in [-0.05, 0) is 19.4 Å². The van der Waals surface area contributed by atoms with Crippen molar-refractivity contribution in [1.29, 1.82) is 0 Å². The number of rotatable bonds is 6. The van der Waals surface area contributed by atoms with Crippen LogP contribution in [-0.2, 0) is 9.84 Å². The van der Waals surface area contributed by atoms with Gasteiger partial charge in [-0.3, -0.25) is 0 Å². The first-order valence-electron chi connectivity index (χ1n) is 5.96. The summed E-state index contributed by atoms with van der Waals surface area (Å²) >= 11 is 0. The van der Waals surface area contributed by atoms with Crippen LogP contribution in [0.1, 0.15) is 32.4 Å². The number of sulfone groups is 1. The van der Waals surface area contributed by atoms with E-state index in [0.29, 0.717) is 0 Å². The van der Waals surface area contributed by atoms with Crippen molar-refractivity contribution in [2.24, 2.45) is 0 Å². The molecule has 3 nitrogen and oxygen atoms in total. The minimum Gasteiger partial charge on any atom is -0.307 e. The molecule has 2 atom stereocenters. The van der Waals surface area contributed by atoms with Crippen LogP contribution in [0.4, 0.5) is 0 Å². The first-order chi connectivity index (χ1) is 7.94. The zero-order valence-electron chi connectivity index (χ0n) is 10.7. The van der Waals surface area contributed by atoms with E-state index in [1.165, 1.54) is 5.56 Å². The van der Waals surface area contributed by atoms with Crippen molar-refractivity contribution >= 4 is 9.84 Å². The number of hydrogen-bond acceptors (Lipinski definition) is 3. The van der Waals surface area contributed by atoms with Crippen molar-refractivity contribution in [2.75, 3.05) is 11.5 Å². The van der Waals surface area contributed by atoms with Gasteiger partial charge in [-0.25, -0.2) is 8.42 Å². The highest BCUT2D eigenvalue weighted by atomic mass is 32.2. The summed E-state index contributed by atoms with van der Waals surface area (Å²) in [6, 6.07) is 10.2. The molecule has 1 aromatic rings. The molecular weight excluding hydrogens is 234 g/mol. The summed E-state index contributed by atoms with van der Waals surface area (Å²) in [6.45, 7) is 5.64. The second-order valence-corrected chi connectivity index (χ2v) is 6.80. The SMILES string of the molecule is CCS(=O)(=O)CC(C)N[C@H](C)c1ccccc1. The van der Waals surface area contributed by atoms with Crippen molar-refractivity contribution in [3.63, 3.8) is 0 Å². The average molecular weight is 255 g/mol. The molecule has 0 aromatic heterocycles. The highest BCUT2D eigenvalue weighted by Gasteiger charge is 2.15. The van der Waals surface area contributed by atoms with Crippen LogP contribution in [-0.4, -0.2) is 26.0 Å². The lowest BCUT2D eigenvalue weighted by molar-refractivity contribution is 0.500. The molecule has 0 bridgehead atoms.